The van der Waals surface area contributed by atoms with Crippen LogP contribution in [0.15, 0.2) is 42.5 Å². The van der Waals surface area contributed by atoms with E-state index in [1.807, 2.05) is 29.2 Å². The number of methoxy groups -OCH3 is 1. The molecule has 5 rings (SSSR count). The Morgan fingerprint density at radius 3 is 2.69 bits per heavy atom. The molecular weight excluding hydrogens is 413 g/mol. The summed E-state index contributed by atoms with van der Waals surface area (Å²) in [5.41, 5.74) is 1.53. The number of ether oxygens (including phenoxy) is 1. The van der Waals surface area contributed by atoms with E-state index < -0.39 is 11.7 Å². The van der Waals surface area contributed by atoms with Gasteiger partial charge in [-0.1, -0.05) is 18.2 Å². The van der Waals surface area contributed by atoms with Crippen LogP contribution in [0.25, 0.3) is 10.9 Å². The van der Waals surface area contributed by atoms with Crippen LogP contribution in [0.3, 0.4) is 0 Å². The van der Waals surface area contributed by atoms with Crippen molar-refractivity contribution in [2.45, 2.75) is 6.42 Å². The van der Waals surface area contributed by atoms with E-state index in [0.29, 0.717) is 31.7 Å². The SMILES string of the molecule is COc1ccccc1N1CCN(C(=O)[C@H]2CC(=O)N(c3n[nH]c4cccc(F)c34)C2)CC1. The lowest BCUT2D eigenvalue weighted by Crippen LogP contribution is -2.50. The van der Waals surface area contributed by atoms with Crippen LogP contribution in [0.5, 0.6) is 5.75 Å². The van der Waals surface area contributed by atoms with Crippen LogP contribution in [0.2, 0.25) is 0 Å². The van der Waals surface area contributed by atoms with Gasteiger partial charge in [-0.15, -0.1) is 0 Å². The first-order valence-electron chi connectivity index (χ1n) is 10.7. The fourth-order valence-electron chi connectivity index (χ4n) is 4.60. The van der Waals surface area contributed by atoms with Gasteiger partial charge in [0.1, 0.15) is 11.6 Å². The van der Waals surface area contributed by atoms with Crippen LogP contribution >= 0.6 is 0 Å². The summed E-state index contributed by atoms with van der Waals surface area (Å²) in [5.74, 6) is -0.101. The Labute approximate surface area is 184 Å². The van der Waals surface area contributed by atoms with Crippen LogP contribution in [0.1, 0.15) is 6.42 Å². The number of para-hydroxylation sites is 2. The molecule has 3 aromatic rings. The van der Waals surface area contributed by atoms with Gasteiger partial charge < -0.3 is 14.5 Å². The molecule has 0 saturated carbocycles. The maximum absolute atomic E-state index is 14.4. The first kappa shape index (κ1) is 20.3. The third kappa shape index (κ3) is 3.43. The number of nitrogens with zero attached hydrogens (tertiary/aromatic N) is 4. The summed E-state index contributed by atoms with van der Waals surface area (Å²) in [6, 6.07) is 12.5. The molecule has 32 heavy (non-hydrogen) atoms. The number of H-pyrrole nitrogens is 1. The molecule has 2 saturated heterocycles. The van der Waals surface area contributed by atoms with Gasteiger partial charge in [0.05, 0.1) is 29.6 Å². The molecule has 2 amide bonds. The molecule has 1 N–H and O–H groups in total. The van der Waals surface area contributed by atoms with Gasteiger partial charge in [0.25, 0.3) is 0 Å². The van der Waals surface area contributed by atoms with E-state index in [4.69, 9.17) is 4.74 Å². The van der Waals surface area contributed by atoms with Gasteiger partial charge in [-0.05, 0) is 24.3 Å². The second kappa shape index (κ2) is 8.14. The minimum atomic E-state index is -0.459. The summed E-state index contributed by atoms with van der Waals surface area (Å²) in [5, 5.41) is 7.20. The minimum Gasteiger partial charge on any atom is -0.495 e. The zero-order valence-electron chi connectivity index (χ0n) is 17.8. The summed E-state index contributed by atoms with van der Waals surface area (Å²) >= 11 is 0. The third-order valence-corrected chi connectivity index (χ3v) is 6.27. The van der Waals surface area contributed by atoms with Gasteiger partial charge in [-0.25, -0.2) is 4.39 Å². The highest BCUT2D eigenvalue weighted by Crippen LogP contribution is 2.33. The lowest BCUT2D eigenvalue weighted by molar-refractivity contribution is -0.136. The Kier molecular flexibility index (Phi) is 5.16. The largest absolute Gasteiger partial charge is 0.495 e. The van der Waals surface area contributed by atoms with Crippen LogP contribution < -0.4 is 14.5 Å². The van der Waals surface area contributed by atoms with Crippen molar-refractivity contribution in [1.82, 2.24) is 15.1 Å². The molecule has 0 bridgehead atoms. The molecule has 1 aromatic heterocycles. The fourth-order valence-corrected chi connectivity index (χ4v) is 4.60. The molecule has 166 valence electrons. The molecule has 3 heterocycles. The lowest BCUT2D eigenvalue weighted by atomic mass is 10.1. The Bertz CT molecular complexity index is 1170. The zero-order chi connectivity index (χ0) is 22.2. The highest BCUT2D eigenvalue weighted by molar-refractivity contribution is 6.05. The highest BCUT2D eigenvalue weighted by atomic mass is 19.1. The van der Waals surface area contributed by atoms with E-state index >= 15 is 0 Å². The van der Waals surface area contributed by atoms with Crippen LogP contribution in [-0.4, -0.2) is 66.7 Å². The first-order chi connectivity index (χ1) is 15.6. The van der Waals surface area contributed by atoms with Gasteiger partial charge in [-0.2, -0.15) is 5.10 Å². The molecule has 9 heteroatoms. The number of anilines is 2. The van der Waals surface area contributed by atoms with Gasteiger partial charge in [0, 0.05) is 39.1 Å². The Morgan fingerprint density at radius 2 is 1.91 bits per heavy atom. The molecule has 2 aliphatic rings. The summed E-state index contributed by atoms with van der Waals surface area (Å²) in [6.45, 7) is 2.72. The van der Waals surface area contributed by atoms with Crippen molar-refractivity contribution >= 4 is 34.2 Å². The van der Waals surface area contributed by atoms with Crippen molar-refractivity contribution in [2.24, 2.45) is 5.92 Å². The number of rotatable bonds is 4. The molecule has 2 aliphatic heterocycles. The topological polar surface area (TPSA) is 81.8 Å². The molecular formula is C23H24FN5O3. The Morgan fingerprint density at radius 1 is 1.12 bits per heavy atom. The first-order valence-corrected chi connectivity index (χ1v) is 10.7. The van der Waals surface area contributed by atoms with Gasteiger partial charge in [0.2, 0.25) is 11.8 Å². The molecule has 0 aliphatic carbocycles. The molecule has 0 unspecified atom stereocenters. The van der Waals surface area contributed by atoms with Crippen molar-refractivity contribution in [1.29, 1.82) is 0 Å². The van der Waals surface area contributed by atoms with E-state index in [2.05, 4.69) is 15.1 Å². The predicted molar refractivity (Wildman–Crippen MR) is 118 cm³/mol. The Balaban J connectivity index is 1.27. The average molecular weight is 437 g/mol. The maximum Gasteiger partial charge on any atom is 0.229 e. The maximum atomic E-state index is 14.4. The number of halogens is 1. The monoisotopic (exact) mass is 437 g/mol. The number of amides is 2. The zero-order valence-corrected chi connectivity index (χ0v) is 17.8. The second-order valence-electron chi connectivity index (χ2n) is 8.10. The van der Waals surface area contributed by atoms with Crippen LogP contribution in [-0.2, 0) is 9.59 Å². The number of carbonyl (C=O) groups is 2. The van der Waals surface area contributed by atoms with Gasteiger partial charge in [0.15, 0.2) is 5.82 Å². The summed E-state index contributed by atoms with van der Waals surface area (Å²) in [4.78, 5) is 31.3. The number of aromatic amines is 1. The average Bonchev–Trinajstić information content (AvgIpc) is 3.43. The van der Waals surface area contributed by atoms with E-state index in [1.165, 1.54) is 11.0 Å². The number of carbonyl (C=O) groups excluding carboxylic acids is 2. The standard InChI is InChI=1S/C23H24FN5O3/c1-32-19-8-3-2-7-18(19)27-9-11-28(12-10-27)23(31)15-13-20(30)29(14-15)22-21-16(24)5-4-6-17(21)25-26-22/h2-8,15H,9-14H2,1H3,(H,25,26)/t15-/m0/s1. The van der Waals surface area contributed by atoms with E-state index in [1.54, 1.807) is 19.2 Å². The smallest absolute Gasteiger partial charge is 0.229 e. The Hall–Kier alpha value is -3.62. The highest BCUT2D eigenvalue weighted by Gasteiger charge is 2.39. The van der Waals surface area contributed by atoms with Crippen LogP contribution in [0, 0.1) is 11.7 Å². The number of hydrogen-bond acceptors (Lipinski definition) is 5. The second-order valence-corrected chi connectivity index (χ2v) is 8.10. The van der Waals surface area contributed by atoms with Gasteiger partial charge in [-0.3, -0.25) is 19.6 Å². The molecule has 8 nitrogen and oxygen atoms in total. The fraction of sp³-hybridized carbons (Fsp3) is 0.348. The predicted octanol–water partition coefficient (Wildman–Crippen LogP) is 2.41. The number of fused-ring (bicyclic) bond motifs is 1. The summed E-state index contributed by atoms with van der Waals surface area (Å²) < 4.78 is 19.8. The molecule has 2 fully saturated rings. The van der Waals surface area contributed by atoms with E-state index in [0.717, 1.165) is 11.4 Å². The number of aromatic nitrogens is 2. The number of nitrogens with one attached hydrogen (secondary N) is 1. The summed E-state index contributed by atoms with van der Waals surface area (Å²) in [7, 11) is 1.65. The number of piperazine rings is 1. The van der Waals surface area contributed by atoms with Crippen LogP contribution in [0.4, 0.5) is 15.9 Å². The van der Waals surface area contributed by atoms with Gasteiger partial charge >= 0.3 is 0 Å². The van der Waals surface area contributed by atoms with E-state index in [-0.39, 0.29) is 36.0 Å². The number of hydrogen-bond donors (Lipinski definition) is 1. The molecule has 2 aromatic carbocycles. The quantitative estimate of drug-likeness (QED) is 0.678. The minimum absolute atomic E-state index is 0.0409. The third-order valence-electron chi connectivity index (χ3n) is 6.27. The lowest BCUT2D eigenvalue weighted by Gasteiger charge is -2.37. The normalized spacial score (nSPS) is 19.1. The van der Waals surface area contributed by atoms with Crippen molar-refractivity contribution in [3.63, 3.8) is 0 Å². The number of benzene rings is 2. The molecule has 0 radical (unpaired) electrons. The van der Waals surface area contributed by atoms with Crippen molar-refractivity contribution in [3.8, 4) is 5.75 Å². The van der Waals surface area contributed by atoms with Crippen molar-refractivity contribution in [2.75, 3.05) is 49.6 Å². The molecule has 1 atom stereocenters. The molecule has 0 spiro atoms. The summed E-state index contributed by atoms with van der Waals surface area (Å²) in [6.07, 6.45) is 0.106. The van der Waals surface area contributed by atoms with Crippen molar-refractivity contribution < 1.29 is 18.7 Å². The van der Waals surface area contributed by atoms with E-state index in [9.17, 15) is 14.0 Å². The van der Waals surface area contributed by atoms with Crippen molar-refractivity contribution in [3.05, 3.63) is 48.3 Å².